The van der Waals surface area contributed by atoms with Gasteiger partial charge in [0, 0.05) is 6.07 Å². The lowest BCUT2D eigenvalue weighted by molar-refractivity contribution is 0.220. The Kier molecular flexibility index (Phi) is 5.83. The molecule has 32 heavy (non-hydrogen) atoms. The Morgan fingerprint density at radius 1 is 0.938 bits per heavy atom. The van der Waals surface area contributed by atoms with Crippen molar-refractivity contribution < 1.29 is 15.3 Å². The summed E-state index contributed by atoms with van der Waals surface area (Å²) in [5, 5.41) is 37.6. The van der Waals surface area contributed by atoms with Gasteiger partial charge in [0.15, 0.2) is 5.82 Å². The van der Waals surface area contributed by atoms with Gasteiger partial charge >= 0.3 is 5.69 Å². The van der Waals surface area contributed by atoms with Crippen molar-refractivity contribution in [3.05, 3.63) is 99.5 Å². The molecule has 1 unspecified atom stereocenters. The Labute approximate surface area is 185 Å². The van der Waals surface area contributed by atoms with E-state index in [1.54, 1.807) is 6.07 Å². The maximum absolute atomic E-state index is 12.4. The van der Waals surface area contributed by atoms with E-state index in [-0.39, 0.29) is 29.8 Å². The summed E-state index contributed by atoms with van der Waals surface area (Å²) in [6, 6.07) is 19.7. The van der Waals surface area contributed by atoms with Crippen LogP contribution in [0.25, 0.3) is 11.4 Å². The molecule has 0 saturated carbocycles. The van der Waals surface area contributed by atoms with E-state index in [4.69, 9.17) is 0 Å². The molecule has 7 nitrogen and oxygen atoms in total. The number of aliphatic hydroxyl groups is 1. The molecule has 0 bridgehead atoms. The minimum Gasteiger partial charge on any atom is -0.508 e. The summed E-state index contributed by atoms with van der Waals surface area (Å²) < 4.78 is 1.43. The molecular formula is C25H25N3O4. The number of hydrogen-bond acceptors (Lipinski definition) is 5. The summed E-state index contributed by atoms with van der Waals surface area (Å²) in [5.41, 5.74) is 2.99. The lowest BCUT2D eigenvalue weighted by atomic mass is 9.98. The van der Waals surface area contributed by atoms with Crippen molar-refractivity contribution in [2.24, 2.45) is 0 Å². The largest absolute Gasteiger partial charge is 0.508 e. The first-order valence-corrected chi connectivity index (χ1v) is 10.4. The zero-order chi connectivity index (χ0) is 22.8. The number of aromatic nitrogens is 3. The predicted molar refractivity (Wildman–Crippen MR) is 122 cm³/mol. The van der Waals surface area contributed by atoms with Crippen LogP contribution in [0.15, 0.2) is 71.5 Å². The summed E-state index contributed by atoms with van der Waals surface area (Å²) in [6.07, 6.45) is -0.735. The van der Waals surface area contributed by atoms with Crippen LogP contribution in [0.5, 0.6) is 11.5 Å². The normalized spacial score (nSPS) is 12.2. The van der Waals surface area contributed by atoms with E-state index in [1.165, 1.54) is 10.6 Å². The minimum atomic E-state index is -0.735. The van der Waals surface area contributed by atoms with Crippen molar-refractivity contribution in [3.8, 4) is 22.9 Å². The monoisotopic (exact) mass is 431 g/mol. The SMILES string of the molecule is CC(C)c1cc(-c2n[nH]c(=O)n2Cc2ccc(C(O)c3ccccc3)cc2)c(O)cc1O. The molecule has 0 aliphatic carbocycles. The van der Waals surface area contributed by atoms with Gasteiger partial charge in [-0.3, -0.25) is 4.57 Å². The first-order chi connectivity index (χ1) is 15.3. The van der Waals surface area contributed by atoms with Crippen LogP contribution in [0.2, 0.25) is 0 Å². The Balaban J connectivity index is 1.64. The lowest BCUT2D eigenvalue weighted by Crippen LogP contribution is -2.18. The average Bonchev–Trinajstić information content (AvgIpc) is 3.14. The van der Waals surface area contributed by atoms with Crippen LogP contribution in [0, 0.1) is 0 Å². The first kappa shape index (κ1) is 21.4. The van der Waals surface area contributed by atoms with Gasteiger partial charge in [-0.1, -0.05) is 68.4 Å². The highest BCUT2D eigenvalue weighted by Gasteiger charge is 2.19. The average molecular weight is 431 g/mol. The number of aliphatic hydroxyl groups excluding tert-OH is 1. The van der Waals surface area contributed by atoms with Crippen molar-refractivity contribution >= 4 is 0 Å². The molecule has 1 heterocycles. The minimum absolute atomic E-state index is 0.00162. The van der Waals surface area contributed by atoms with Crippen LogP contribution in [0.4, 0.5) is 0 Å². The molecule has 0 spiro atoms. The van der Waals surface area contributed by atoms with Crippen LogP contribution in [0.1, 0.15) is 48.1 Å². The summed E-state index contributed by atoms with van der Waals surface area (Å²) in [4.78, 5) is 12.4. The van der Waals surface area contributed by atoms with E-state index >= 15 is 0 Å². The van der Waals surface area contributed by atoms with E-state index in [1.807, 2.05) is 68.4 Å². The van der Waals surface area contributed by atoms with Crippen molar-refractivity contribution in [2.75, 3.05) is 0 Å². The molecule has 4 rings (SSSR count). The third kappa shape index (κ3) is 4.15. The van der Waals surface area contributed by atoms with Crippen molar-refractivity contribution in [2.45, 2.75) is 32.4 Å². The second-order valence-electron chi connectivity index (χ2n) is 8.08. The fourth-order valence-electron chi connectivity index (χ4n) is 3.72. The molecule has 0 saturated heterocycles. The standard InChI is InChI=1S/C25H25N3O4/c1-15(2)19-12-20(22(30)13-21(19)29)24-26-27-25(32)28(24)14-16-8-10-18(11-9-16)23(31)17-6-4-3-5-7-17/h3-13,15,23,29-31H,14H2,1-2H3,(H,27,32). The van der Waals surface area contributed by atoms with Gasteiger partial charge in [0.25, 0.3) is 0 Å². The molecule has 1 aromatic heterocycles. The second-order valence-corrected chi connectivity index (χ2v) is 8.08. The molecule has 164 valence electrons. The number of phenols is 2. The molecule has 0 amide bonds. The maximum Gasteiger partial charge on any atom is 0.343 e. The molecule has 1 atom stereocenters. The van der Waals surface area contributed by atoms with E-state index in [2.05, 4.69) is 10.2 Å². The topological polar surface area (TPSA) is 111 Å². The second kappa shape index (κ2) is 8.72. The highest BCUT2D eigenvalue weighted by atomic mass is 16.3. The lowest BCUT2D eigenvalue weighted by Gasteiger charge is -2.14. The van der Waals surface area contributed by atoms with Crippen molar-refractivity contribution in [3.63, 3.8) is 0 Å². The van der Waals surface area contributed by atoms with Crippen LogP contribution in [0.3, 0.4) is 0 Å². The number of aromatic amines is 1. The Morgan fingerprint density at radius 2 is 1.59 bits per heavy atom. The number of hydrogen-bond donors (Lipinski definition) is 4. The molecule has 7 heteroatoms. The van der Waals surface area contributed by atoms with Crippen LogP contribution < -0.4 is 5.69 Å². The van der Waals surface area contributed by atoms with Crippen molar-refractivity contribution in [1.29, 1.82) is 0 Å². The highest BCUT2D eigenvalue weighted by Crippen LogP contribution is 2.36. The van der Waals surface area contributed by atoms with Crippen LogP contribution in [-0.2, 0) is 6.54 Å². The third-order valence-corrected chi connectivity index (χ3v) is 5.52. The van der Waals surface area contributed by atoms with Crippen molar-refractivity contribution in [1.82, 2.24) is 14.8 Å². The number of H-pyrrole nitrogens is 1. The first-order valence-electron chi connectivity index (χ1n) is 10.4. The molecule has 4 aromatic rings. The van der Waals surface area contributed by atoms with E-state index in [0.29, 0.717) is 11.1 Å². The smallest absolute Gasteiger partial charge is 0.343 e. The van der Waals surface area contributed by atoms with Gasteiger partial charge in [-0.25, -0.2) is 9.89 Å². The third-order valence-electron chi connectivity index (χ3n) is 5.52. The molecule has 0 radical (unpaired) electrons. The fraction of sp³-hybridized carbons (Fsp3) is 0.200. The molecule has 0 aliphatic rings. The van der Waals surface area contributed by atoms with Gasteiger partial charge in [-0.2, -0.15) is 5.10 Å². The maximum atomic E-state index is 12.4. The highest BCUT2D eigenvalue weighted by molar-refractivity contribution is 5.67. The molecule has 0 aliphatic heterocycles. The van der Waals surface area contributed by atoms with Gasteiger partial charge in [-0.05, 0) is 34.2 Å². The number of nitrogens with zero attached hydrogens (tertiary/aromatic N) is 2. The number of nitrogens with one attached hydrogen (secondary N) is 1. The van der Waals surface area contributed by atoms with E-state index in [9.17, 15) is 20.1 Å². The Morgan fingerprint density at radius 3 is 2.25 bits per heavy atom. The van der Waals surface area contributed by atoms with Gasteiger partial charge in [0.1, 0.15) is 17.6 Å². The van der Waals surface area contributed by atoms with E-state index < -0.39 is 11.8 Å². The summed E-state index contributed by atoms with van der Waals surface area (Å²) in [6.45, 7) is 4.08. The summed E-state index contributed by atoms with van der Waals surface area (Å²) in [7, 11) is 0. The quantitative estimate of drug-likeness (QED) is 0.370. The fourth-order valence-corrected chi connectivity index (χ4v) is 3.72. The van der Waals surface area contributed by atoms with Gasteiger partial charge in [0.2, 0.25) is 0 Å². The number of phenolic OH excluding ortho intramolecular Hbond substituents is 2. The number of rotatable bonds is 6. The van der Waals surface area contributed by atoms with E-state index in [0.717, 1.165) is 16.7 Å². The Hall–Kier alpha value is -3.84. The number of aromatic hydroxyl groups is 2. The zero-order valence-electron chi connectivity index (χ0n) is 17.9. The van der Waals surface area contributed by atoms with Gasteiger partial charge in [0.05, 0.1) is 12.1 Å². The number of benzene rings is 3. The van der Waals surface area contributed by atoms with Crippen LogP contribution >= 0.6 is 0 Å². The molecule has 0 fully saturated rings. The van der Waals surface area contributed by atoms with Crippen LogP contribution in [-0.4, -0.2) is 30.1 Å². The molecular weight excluding hydrogens is 406 g/mol. The molecule has 4 N–H and O–H groups in total. The van der Waals surface area contributed by atoms with Gasteiger partial charge in [-0.15, -0.1) is 0 Å². The zero-order valence-corrected chi connectivity index (χ0v) is 17.9. The predicted octanol–water partition coefficient (Wildman–Crippen LogP) is 3.90. The summed E-state index contributed by atoms with van der Waals surface area (Å²) in [5.74, 6) is 0.145. The summed E-state index contributed by atoms with van der Waals surface area (Å²) >= 11 is 0. The molecule has 3 aromatic carbocycles. The Bertz CT molecular complexity index is 1280. The van der Waals surface area contributed by atoms with Gasteiger partial charge < -0.3 is 15.3 Å².